The van der Waals surface area contributed by atoms with Crippen LogP contribution in [-0.2, 0) is 6.61 Å². The number of hydrogen-bond acceptors (Lipinski definition) is 5. The van der Waals surface area contributed by atoms with Gasteiger partial charge in [-0.25, -0.2) is 9.97 Å². The highest BCUT2D eigenvalue weighted by Crippen LogP contribution is 2.13. The molecule has 15 heavy (non-hydrogen) atoms. The summed E-state index contributed by atoms with van der Waals surface area (Å²) in [5, 5.41) is 8.85. The first-order valence-electron chi connectivity index (χ1n) is 4.43. The van der Waals surface area contributed by atoms with E-state index in [1.54, 1.807) is 24.5 Å². The molecule has 2 aromatic rings. The van der Waals surface area contributed by atoms with Crippen LogP contribution in [0.1, 0.15) is 5.56 Å². The van der Waals surface area contributed by atoms with E-state index in [4.69, 9.17) is 10.8 Å². The van der Waals surface area contributed by atoms with Gasteiger partial charge in [-0.05, 0) is 11.6 Å². The van der Waals surface area contributed by atoms with Gasteiger partial charge in [0.2, 0.25) is 0 Å². The smallest absolute Gasteiger partial charge is 0.141 e. The van der Waals surface area contributed by atoms with Gasteiger partial charge in [0.15, 0.2) is 0 Å². The third-order valence-corrected chi connectivity index (χ3v) is 1.94. The fraction of sp³-hybridized carbons (Fsp3) is 0.100. The SMILES string of the molecule is Nc1cnc(-c2ccc(CO)cn2)cn1. The number of nitrogen functional groups attached to an aromatic ring is 1. The number of hydrogen-bond donors (Lipinski definition) is 2. The van der Waals surface area contributed by atoms with Crippen LogP contribution in [0.3, 0.4) is 0 Å². The zero-order chi connectivity index (χ0) is 10.7. The predicted octanol–water partition coefficient (Wildman–Crippen LogP) is 0.613. The second-order valence-corrected chi connectivity index (χ2v) is 3.04. The molecule has 76 valence electrons. The number of aromatic nitrogens is 3. The van der Waals surface area contributed by atoms with Crippen LogP contribution in [0, 0.1) is 0 Å². The maximum Gasteiger partial charge on any atom is 0.141 e. The van der Waals surface area contributed by atoms with E-state index in [-0.39, 0.29) is 6.61 Å². The van der Waals surface area contributed by atoms with Crippen LogP contribution >= 0.6 is 0 Å². The Balaban J connectivity index is 2.33. The lowest BCUT2D eigenvalue weighted by Crippen LogP contribution is -1.94. The molecule has 0 aliphatic heterocycles. The van der Waals surface area contributed by atoms with Gasteiger partial charge < -0.3 is 10.8 Å². The third kappa shape index (κ3) is 2.08. The van der Waals surface area contributed by atoms with E-state index >= 15 is 0 Å². The molecule has 0 bridgehead atoms. The Bertz CT molecular complexity index is 438. The highest BCUT2D eigenvalue weighted by Gasteiger charge is 2.01. The molecule has 0 saturated heterocycles. The summed E-state index contributed by atoms with van der Waals surface area (Å²) in [6.45, 7) is -0.0132. The molecule has 3 N–H and O–H groups in total. The van der Waals surface area contributed by atoms with Crippen molar-refractivity contribution in [1.82, 2.24) is 15.0 Å². The Morgan fingerprint density at radius 3 is 2.33 bits per heavy atom. The summed E-state index contributed by atoms with van der Waals surface area (Å²) in [6, 6.07) is 3.58. The lowest BCUT2D eigenvalue weighted by atomic mass is 10.2. The monoisotopic (exact) mass is 202 g/mol. The van der Waals surface area contributed by atoms with Crippen molar-refractivity contribution in [3.05, 3.63) is 36.3 Å². The van der Waals surface area contributed by atoms with Gasteiger partial charge in [-0.2, -0.15) is 0 Å². The largest absolute Gasteiger partial charge is 0.392 e. The summed E-state index contributed by atoms with van der Waals surface area (Å²) in [7, 11) is 0. The minimum absolute atomic E-state index is 0.0132. The molecule has 0 saturated carbocycles. The van der Waals surface area contributed by atoms with Crippen LogP contribution in [0.2, 0.25) is 0 Å². The molecule has 2 heterocycles. The Kier molecular flexibility index (Phi) is 2.55. The van der Waals surface area contributed by atoms with Gasteiger partial charge in [-0.3, -0.25) is 4.98 Å². The molecule has 0 radical (unpaired) electrons. The van der Waals surface area contributed by atoms with Crippen LogP contribution in [0.15, 0.2) is 30.7 Å². The van der Waals surface area contributed by atoms with Gasteiger partial charge in [-0.15, -0.1) is 0 Å². The highest BCUT2D eigenvalue weighted by atomic mass is 16.3. The Labute approximate surface area is 86.6 Å². The summed E-state index contributed by atoms with van der Waals surface area (Å²) in [6.07, 6.45) is 4.65. The first kappa shape index (κ1) is 9.54. The lowest BCUT2D eigenvalue weighted by molar-refractivity contribution is 0.281. The van der Waals surface area contributed by atoms with E-state index in [2.05, 4.69) is 15.0 Å². The topological polar surface area (TPSA) is 84.9 Å². The normalized spacial score (nSPS) is 10.2. The molecule has 0 aliphatic rings. The van der Waals surface area contributed by atoms with Crippen molar-refractivity contribution in [2.45, 2.75) is 6.61 Å². The zero-order valence-electron chi connectivity index (χ0n) is 7.96. The Hall–Kier alpha value is -2.01. The molecule has 2 rings (SSSR count). The maximum atomic E-state index is 8.85. The van der Waals surface area contributed by atoms with Gasteiger partial charge >= 0.3 is 0 Å². The highest BCUT2D eigenvalue weighted by molar-refractivity contribution is 5.53. The summed E-state index contributed by atoms with van der Waals surface area (Å²) in [5.41, 5.74) is 7.56. The fourth-order valence-corrected chi connectivity index (χ4v) is 1.14. The van der Waals surface area contributed by atoms with Crippen molar-refractivity contribution in [2.24, 2.45) is 0 Å². The Morgan fingerprint density at radius 2 is 1.80 bits per heavy atom. The van der Waals surface area contributed by atoms with Gasteiger partial charge in [0.1, 0.15) is 11.5 Å². The number of anilines is 1. The van der Waals surface area contributed by atoms with Crippen LogP contribution in [0.4, 0.5) is 5.82 Å². The summed E-state index contributed by atoms with van der Waals surface area (Å²) in [4.78, 5) is 12.2. The van der Waals surface area contributed by atoms with Gasteiger partial charge in [0, 0.05) is 6.20 Å². The van der Waals surface area contributed by atoms with Crippen molar-refractivity contribution in [2.75, 3.05) is 5.73 Å². The molecule has 2 aromatic heterocycles. The third-order valence-electron chi connectivity index (χ3n) is 1.94. The zero-order valence-corrected chi connectivity index (χ0v) is 7.96. The number of nitrogens with two attached hydrogens (primary N) is 1. The van der Waals surface area contributed by atoms with E-state index in [0.29, 0.717) is 17.2 Å². The quantitative estimate of drug-likeness (QED) is 0.745. The number of nitrogens with zero attached hydrogens (tertiary/aromatic N) is 3. The van der Waals surface area contributed by atoms with Crippen molar-refractivity contribution in [3.63, 3.8) is 0 Å². The molecule has 0 fully saturated rings. The molecule has 0 aromatic carbocycles. The molecule has 0 atom stereocenters. The molecule has 0 spiro atoms. The molecule has 0 unspecified atom stereocenters. The van der Waals surface area contributed by atoms with Crippen LogP contribution in [0.25, 0.3) is 11.4 Å². The average Bonchev–Trinajstić information content (AvgIpc) is 2.30. The standard InChI is InChI=1S/C10H10N4O/c11-10-5-13-9(4-14-10)8-2-1-7(6-15)3-12-8/h1-5,15H,6H2,(H2,11,14). The molecule has 0 amide bonds. The molecular formula is C10H10N4O. The molecule has 0 aliphatic carbocycles. The number of aliphatic hydroxyl groups is 1. The second-order valence-electron chi connectivity index (χ2n) is 3.04. The number of pyridine rings is 1. The first-order chi connectivity index (χ1) is 7.29. The van der Waals surface area contributed by atoms with Crippen molar-refractivity contribution < 1.29 is 5.11 Å². The van der Waals surface area contributed by atoms with Gasteiger partial charge in [0.05, 0.1) is 24.7 Å². The average molecular weight is 202 g/mol. The first-order valence-corrected chi connectivity index (χ1v) is 4.43. The number of rotatable bonds is 2. The van der Waals surface area contributed by atoms with E-state index in [1.807, 2.05) is 0 Å². The maximum absolute atomic E-state index is 8.85. The van der Waals surface area contributed by atoms with E-state index < -0.39 is 0 Å². The second kappa shape index (κ2) is 4.02. The minimum atomic E-state index is -0.0132. The minimum Gasteiger partial charge on any atom is -0.392 e. The van der Waals surface area contributed by atoms with Crippen LogP contribution < -0.4 is 5.73 Å². The molecule has 5 heteroatoms. The van der Waals surface area contributed by atoms with Crippen molar-refractivity contribution in [1.29, 1.82) is 0 Å². The molecule has 5 nitrogen and oxygen atoms in total. The number of aliphatic hydroxyl groups excluding tert-OH is 1. The summed E-state index contributed by atoms with van der Waals surface area (Å²) < 4.78 is 0. The summed E-state index contributed by atoms with van der Waals surface area (Å²) in [5.74, 6) is 0.380. The van der Waals surface area contributed by atoms with Crippen molar-refractivity contribution >= 4 is 5.82 Å². The van der Waals surface area contributed by atoms with Gasteiger partial charge in [0.25, 0.3) is 0 Å². The lowest BCUT2D eigenvalue weighted by Gasteiger charge is -2.00. The van der Waals surface area contributed by atoms with E-state index in [1.165, 1.54) is 6.20 Å². The van der Waals surface area contributed by atoms with Crippen LogP contribution in [-0.4, -0.2) is 20.1 Å². The fourth-order valence-electron chi connectivity index (χ4n) is 1.14. The van der Waals surface area contributed by atoms with Gasteiger partial charge in [-0.1, -0.05) is 6.07 Å². The van der Waals surface area contributed by atoms with Crippen molar-refractivity contribution in [3.8, 4) is 11.4 Å². The van der Waals surface area contributed by atoms with Crippen LogP contribution in [0.5, 0.6) is 0 Å². The Morgan fingerprint density at radius 1 is 1.00 bits per heavy atom. The predicted molar refractivity (Wildman–Crippen MR) is 55.6 cm³/mol. The van der Waals surface area contributed by atoms with E-state index in [9.17, 15) is 0 Å². The van der Waals surface area contributed by atoms with E-state index in [0.717, 1.165) is 5.56 Å². The molecular weight excluding hydrogens is 192 g/mol. The summed E-state index contributed by atoms with van der Waals surface area (Å²) >= 11 is 0.